The van der Waals surface area contributed by atoms with Gasteiger partial charge in [0, 0.05) is 5.54 Å². The number of benzene rings is 1. The summed E-state index contributed by atoms with van der Waals surface area (Å²) in [6, 6.07) is 2.80. The van der Waals surface area contributed by atoms with Gasteiger partial charge in [0.2, 0.25) is 0 Å². The van der Waals surface area contributed by atoms with Gasteiger partial charge >= 0.3 is 6.18 Å². The van der Waals surface area contributed by atoms with Crippen LogP contribution in [0.5, 0.6) is 0 Å². The Morgan fingerprint density at radius 1 is 1.26 bits per heavy atom. The minimum Gasteiger partial charge on any atom is -0.311 e. The molecular formula is C14H17F4N. The van der Waals surface area contributed by atoms with E-state index in [0.717, 1.165) is 31.9 Å². The van der Waals surface area contributed by atoms with Crippen LogP contribution in [0.1, 0.15) is 37.3 Å². The molecular weight excluding hydrogens is 258 g/mol. The third-order valence-corrected chi connectivity index (χ3v) is 3.84. The summed E-state index contributed by atoms with van der Waals surface area (Å²) in [7, 11) is 0. The highest BCUT2D eigenvalue weighted by molar-refractivity contribution is 5.28. The highest BCUT2D eigenvalue weighted by Gasteiger charge is 2.34. The van der Waals surface area contributed by atoms with Gasteiger partial charge in [0.25, 0.3) is 0 Å². The van der Waals surface area contributed by atoms with Crippen LogP contribution in [-0.4, -0.2) is 12.1 Å². The third kappa shape index (κ3) is 3.26. The van der Waals surface area contributed by atoms with Gasteiger partial charge in [0.1, 0.15) is 5.82 Å². The molecule has 0 aliphatic carbocycles. The van der Waals surface area contributed by atoms with Gasteiger partial charge in [-0.25, -0.2) is 4.39 Å². The van der Waals surface area contributed by atoms with E-state index in [4.69, 9.17) is 0 Å². The van der Waals surface area contributed by atoms with Crippen molar-refractivity contribution in [3.63, 3.8) is 0 Å². The lowest BCUT2D eigenvalue weighted by Gasteiger charge is -2.28. The van der Waals surface area contributed by atoms with Gasteiger partial charge in [-0.1, -0.05) is 6.92 Å². The van der Waals surface area contributed by atoms with Crippen LogP contribution in [0.25, 0.3) is 0 Å². The minimum atomic E-state index is -4.50. The summed E-state index contributed by atoms with van der Waals surface area (Å²) in [6.45, 7) is 2.87. The zero-order chi connectivity index (χ0) is 14.1. The average molecular weight is 275 g/mol. The Morgan fingerprint density at radius 3 is 2.53 bits per heavy atom. The normalized spacial score (nSPS) is 23.8. The Morgan fingerprint density at radius 2 is 2.00 bits per heavy atom. The van der Waals surface area contributed by atoms with E-state index in [0.29, 0.717) is 18.1 Å². The molecule has 1 aromatic rings. The first-order valence-electron chi connectivity index (χ1n) is 6.46. The van der Waals surface area contributed by atoms with Crippen LogP contribution in [0.15, 0.2) is 18.2 Å². The molecule has 106 valence electrons. The molecule has 2 rings (SSSR count). The highest BCUT2D eigenvalue weighted by Crippen LogP contribution is 2.33. The minimum absolute atomic E-state index is 0.184. The van der Waals surface area contributed by atoms with Gasteiger partial charge in [-0.05, 0) is 56.0 Å². The summed E-state index contributed by atoms with van der Waals surface area (Å²) in [5.74, 6) is -0.825. The number of hydrogen-bond acceptors (Lipinski definition) is 1. The monoisotopic (exact) mass is 275 g/mol. The zero-order valence-corrected chi connectivity index (χ0v) is 10.8. The van der Waals surface area contributed by atoms with Crippen molar-refractivity contribution >= 4 is 0 Å². The first-order valence-corrected chi connectivity index (χ1v) is 6.46. The predicted molar refractivity (Wildman–Crippen MR) is 65.4 cm³/mol. The van der Waals surface area contributed by atoms with Crippen LogP contribution >= 0.6 is 0 Å². The van der Waals surface area contributed by atoms with Crippen molar-refractivity contribution in [2.75, 3.05) is 6.54 Å². The number of rotatable bonds is 3. The lowest BCUT2D eigenvalue weighted by atomic mass is 9.86. The lowest BCUT2D eigenvalue weighted by molar-refractivity contribution is -0.137. The van der Waals surface area contributed by atoms with Crippen molar-refractivity contribution in [2.45, 2.75) is 44.3 Å². The quantitative estimate of drug-likeness (QED) is 0.824. The first-order chi connectivity index (χ1) is 8.85. The fourth-order valence-electron chi connectivity index (χ4n) is 2.75. The molecule has 0 amide bonds. The largest absolute Gasteiger partial charge is 0.416 e. The van der Waals surface area contributed by atoms with Crippen molar-refractivity contribution < 1.29 is 17.6 Å². The molecule has 1 unspecified atom stereocenters. The maximum absolute atomic E-state index is 13.3. The molecule has 1 atom stereocenters. The Bertz CT molecular complexity index is 447. The molecule has 1 heterocycles. The van der Waals surface area contributed by atoms with E-state index < -0.39 is 17.6 Å². The van der Waals surface area contributed by atoms with Gasteiger partial charge in [-0.3, -0.25) is 0 Å². The highest BCUT2D eigenvalue weighted by atomic mass is 19.4. The third-order valence-electron chi connectivity index (χ3n) is 3.84. The number of nitrogens with one attached hydrogen (secondary N) is 1. The smallest absolute Gasteiger partial charge is 0.311 e. The summed E-state index contributed by atoms with van der Waals surface area (Å²) in [5.41, 5.74) is -0.688. The van der Waals surface area contributed by atoms with Crippen LogP contribution in [0.3, 0.4) is 0 Å². The van der Waals surface area contributed by atoms with Crippen LogP contribution < -0.4 is 5.32 Å². The predicted octanol–water partition coefficient (Wildman–Crippen LogP) is 3.92. The molecule has 1 aromatic carbocycles. The molecule has 19 heavy (non-hydrogen) atoms. The standard InChI is InChI=1S/C14H17F4N/c1-2-13(4-3-5-19-13)9-10-6-11(14(16,17)18)8-12(15)7-10/h6-8,19H,2-5,9H2,1H3. The van der Waals surface area contributed by atoms with E-state index in [1.807, 2.05) is 6.92 Å². The fourth-order valence-corrected chi connectivity index (χ4v) is 2.75. The van der Waals surface area contributed by atoms with E-state index in [9.17, 15) is 17.6 Å². The fraction of sp³-hybridized carbons (Fsp3) is 0.571. The Balaban J connectivity index is 2.27. The number of halogens is 4. The molecule has 5 heteroatoms. The zero-order valence-electron chi connectivity index (χ0n) is 10.8. The van der Waals surface area contributed by atoms with Crippen LogP contribution in [-0.2, 0) is 12.6 Å². The molecule has 0 saturated carbocycles. The summed E-state index contributed by atoms with van der Waals surface area (Å²) in [6.07, 6.45) is -1.31. The van der Waals surface area contributed by atoms with Gasteiger partial charge < -0.3 is 5.32 Å². The van der Waals surface area contributed by atoms with Crippen molar-refractivity contribution in [1.82, 2.24) is 5.32 Å². The molecule has 0 spiro atoms. The topological polar surface area (TPSA) is 12.0 Å². The van der Waals surface area contributed by atoms with E-state index in [-0.39, 0.29) is 5.54 Å². The Kier molecular flexibility index (Phi) is 3.85. The van der Waals surface area contributed by atoms with Crippen molar-refractivity contribution in [3.8, 4) is 0 Å². The SMILES string of the molecule is CCC1(Cc2cc(F)cc(C(F)(F)F)c2)CCCN1. The molecule has 0 bridgehead atoms. The Hall–Kier alpha value is -1.10. The summed E-state index contributed by atoms with van der Waals surface area (Å²) < 4.78 is 51.3. The molecule has 1 aliphatic rings. The molecule has 1 aliphatic heterocycles. The van der Waals surface area contributed by atoms with Crippen LogP contribution in [0.2, 0.25) is 0 Å². The molecule has 1 fully saturated rings. The van der Waals surface area contributed by atoms with Gasteiger partial charge in [0.05, 0.1) is 5.56 Å². The van der Waals surface area contributed by atoms with E-state index in [1.165, 1.54) is 6.07 Å². The molecule has 1 nitrogen and oxygen atoms in total. The van der Waals surface area contributed by atoms with Crippen molar-refractivity contribution in [3.05, 3.63) is 35.1 Å². The number of hydrogen-bond donors (Lipinski definition) is 1. The number of alkyl halides is 3. The first kappa shape index (κ1) is 14.3. The Labute approximate surface area is 110 Å². The average Bonchev–Trinajstić information content (AvgIpc) is 2.76. The molecule has 0 radical (unpaired) electrons. The van der Waals surface area contributed by atoms with Crippen LogP contribution in [0, 0.1) is 5.82 Å². The molecule has 1 saturated heterocycles. The van der Waals surface area contributed by atoms with Crippen LogP contribution in [0.4, 0.5) is 17.6 Å². The van der Waals surface area contributed by atoms with Crippen molar-refractivity contribution in [1.29, 1.82) is 0 Å². The summed E-state index contributed by atoms with van der Waals surface area (Å²) >= 11 is 0. The van der Waals surface area contributed by atoms with E-state index in [2.05, 4.69) is 5.32 Å². The maximum atomic E-state index is 13.3. The van der Waals surface area contributed by atoms with Gasteiger partial charge in [-0.2, -0.15) is 13.2 Å². The van der Waals surface area contributed by atoms with Gasteiger partial charge in [0.15, 0.2) is 0 Å². The van der Waals surface area contributed by atoms with E-state index >= 15 is 0 Å². The second kappa shape index (κ2) is 5.12. The van der Waals surface area contributed by atoms with E-state index in [1.54, 1.807) is 0 Å². The van der Waals surface area contributed by atoms with Gasteiger partial charge in [-0.15, -0.1) is 0 Å². The molecule has 1 N–H and O–H groups in total. The van der Waals surface area contributed by atoms with Crippen molar-refractivity contribution in [2.24, 2.45) is 0 Å². The lowest BCUT2D eigenvalue weighted by Crippen LogP contribution is -2.41. The summed E-state index contributed by atoms with van der Waals surface area (Å²) in [4.78, 5) is 0. The molecule has 0 aromatic heterocycles. The summed E-state index contributed by atoms with van der Waals surface area (Å²) in [5, 5.41) is 3.34. The maximum Gasteiger partial charge on any atom is 0.416 e. The second-order valence-corrected chi connectivity index (χ2v) is 5.19. The second-order valence-electron chi connectivity index (χ2n) is 5.19.